The van der Waals surface area contributed by atoms with E-state index >= 15 is 0 Å². The molecule has 0 radical (unpaired) electrons. The van der Waals surface area contributed by atoms with Gasteiger partial charge >= 0.3 is 0 Å². The number of carbonyl (C=O) groups is 1. The summed E-state index contributed by atoms with van der Waals surface area (Å²) >= 11 is 0. The van der Waals surface area contributed by atoms with Crippen LogP contribution in [0.5, 0.6) is 0 Å². The lowest BCUT2D eigenvalue weighted by molar-refractivity contribution is 0.104. The Balaban J connectivity index is 1.89. The van der Waals surface area contributed by atoms with E-state index in [1.807, 2.05) is 55.6 Å². The van der Waals surface area contributed by atoms with Crippen LogP contribution in [0.3, 0.4) is 0 Å². The van der Waals surface area contributed by atoms with Crippen LogP contribution in [0.25, 0.3) is 16.7 Å². The molecule has 0 N–H and O–H groups in total. The first-order valence-electron chi connectivity index (χ1n) is 7.62. The van der Waals surface area contributed by atoms with Crippen molar-refractivity contribution >= 4 is 11.4 Å². The Bertz CT molecular complexity index is 939. The molecule has 1 heterocycles. The second-order valence-electron chi connectivity index (χ2n) is 5.71. The molecule has 3 aromatic rings. The van der Waals surface area contributed by atoms with Gasteiger partial charge in [-0.05, 0) is 41.3 Å². The minimum absolute atomic E-state index is 0.0174. The van der Waals surface area contributed by atoms with E-state index in [0.717, 1.165) is 28.0 Å². The van der Waals surface area contributed by atoms with E-state index in [1.165, 1.54) is 5.56 Å². The Hall–Kier alpha value is -3.00. The summed E-state index contributed by atoms with van der Waals surface area (Å²) < 4.78 is 0. The lowest BCUT2D eigenvalue weighted by Gasteiger charge is -2.03. The number of aromatic nitrogens is 1. The van der Waals surface area contributed by atoms with Crippen molar-refractivity contribution in [2.45, 2.75) is 6.92 Å². The number of fused-ring (bicyclic) bond motifs is 3. The van der Waals surface area contributed by atoms with Gasteiger partial charge < -0.3 is 0 Å². The molecule has 1 aliphatic rings. The van der Waals surface area contributed by atoms with Crippen molar-refractivity contribution in [1.29, 1.82) is 0 Å². The Morgan fingerprint density at radius 1 is 0.870 bits per heavy atom. The molecular weight excluding hydrogens is 282 g/mol. The zero-order chi connectivity index (χ0) is 15.8. The van der Waals surface area contributed by atoms with Gasteiger partial charge in [0.25, 0.3) is 0 Å². The molecule has 4 rings (SSSR count). The number of hydrogen-bond acceptors (Lipinski definition) is 2. The zero-order valence-corrected chi connectivity index (χ0v) is 12.8. The third-order valence-electron chi connectivity index (χ3n) is 4.17. The fraction of sp³-hybridized carbons (Fsp3) is 0.0476. The molecule has 0 spiro atoms. The highest BCUT2D eigenvalue weighted by Gasteiger charge is 2.24. The summed E-state index contributed by atoms with van der Waals surface area (Å²) in [7, 11) is 0. The predicted octanol–water partition coefficient (Wildman–Crippen LogP) is 4.69. The highest BCUT2D eigenvalue weighted by Crippen LogP contribution is 2.43. The zero-order valence-electron chi connectivity index (χ0n) is 12.8. The van der Waals surface area contributed by atoms with Gasteiger partial charge in [-0.2, -0.15) is 0 Å². The third-order valence-corrected chi connectivity index (χ3v) is 4.17. The predicted molar refractivity (Wildman–Crippen MR) is 92.3 cm³/mol. The van der Waals surface area contributed by atoms with Gasteiger partial charge in [0, 0.05) is 23.0 Å². The van der Waals surface area contributed by atoms with Crippen LogP contribution in [-0.4, -0.2) is 10.8 Å². The van der Waals surface area contributed by atoms with Crippen LogP contribution in [0.15, 0.2) is 72.9 Å². The highest BCUT2D eigenvalue weighted by molar-refractivity contribution is 6.14. The number of nitrogens with zero attached hydrogens (tertiary/aromatic N) is 1. The summed E-state index contributed by atoms with van der Waals surface area (Å²) in [5, 5.41) is 0. The molecule has 1 aliphatic carbocycles. The lowest BCUT2D eigenvalue weighted by atomic mass is 10.0. The monoisotopic (exact) mass is 297 g/mol. The number of hydrogen-bond donors (Lipinski definition) is 0. The van der Waals surface area contributed by atoms with Crippen LogP contribution < -0.4 is 0 Å². The van der Waals surface area contributed by atoms with Gasteiger partial charge in [0.1, 0.15) is 0 Å². The van der Waals surface area contributed by atoms with Gasteiger partial charge in [0.05, 0.1) is 0 Å². The maximum Gasteiger partial charge on any atom is 0.186 e. The Kier molecular flexibility index (Phi) is 3.16. The highest BCUT2D eigenvalue weighted by atomic mass is 16.1. The molecule has 0 fully saturated rings. The largest absolute Gasteiger partial charge is 0.289 e. The van der Waals surface area contributed by atoms with Crippen molar-refractivity contribution in [3.8, 4) is 11.1 Å². The van der Waals surface area contributed by atoms with Crippen LogP contribution in [0.4, 0.5) is 0 Å². The van der Waals surface area contributed by atoms with Crippen molar-refractivity contribution in [2.24, 2.45) is 0 Å². The van der Waals surface area contributed by atoms with E-state index in [0.29, 0.717) is 5.56 Å². The van der Waals surface area contributed by atoms with Gasteiger partial charge in [-0.3, -0.25) is 9.78 Å². The van der Waals surface area contributed by atoms with Crippen molar-refractivity contribution in [2.75, 3.05) is 0 Å². The fourth-order valence-electron chi connectivity index (χ4n) is 3.07. The maximum absolute atomic E-state index is 12.6. The van der Waals surface area contributed by atoms with E-state index in [1.54, 1.807) is 6.08 Å². The molecule has 0 amide bonds. The number of pyridine rings is 1. The van der Waals surface area contributed by atoms with Crippen LogP contribution in [0, 0.1) is 6.92 Å². The summed E-state index contributed by atoms with van der Waals surface area (Å²) in [6.45, 7) is 1.99. The van der Waals surface area contributed by atoms with Crippen LogP contribution in [0.2, 0.25) is 0 Å². The van der Waals surface area contributed by atoms with Crippen LogP contribution >= 0.6 is 0 Å². The third kappa shape index (κ3) is 2.29. The molecule has 0 unspecified atom stereocenters. The summed E-state index contributed by atoms with van der Waals surface area (Å²) in [5.41, 5.74) is 7.08. The standard InChI is InChI=1S/C21H15NO/c1-14-11-18-16-9-5-6-10-17(16)19(20(18)13-22-14)12-21(23)15-7-3-2-4-8-15/h2-13H,1H3. The number of benzene rings is 2. The number of ketones is 1. The van der Waals surface area contributed by atoms with Gasteiger partial charge in [0.15, 0.2) is 5.78 Å². The molecule has 110 valence electrons. The number of carbonyl (C=O) groups excluding carboxylic acids is 1. The molecule has 0 atom stereocenters. The molecule has 23 heavy (non-hydrogen) atoms. The Labute approximate surface area is 135 Å². The van der Waals surface area contributed by atoms with E-state index in [2.05, 4.69) is 23.2 Å². The quantitative estimate of drug-likeness (QED) is 0.397. The van der Waals surface area contributed by atoms with Crippen LogP contribution in [0.1, 0.15) is 27.2 Å². The molecule has 2 nitrogen and oxygen atoms in total. The molecule has 2 heteroatoms. The first kappa shape index (κ1) is 13.6. The van der Waals surface area contributed by atoms with Gasteiger partial charge in [-0.25, -0.2) is 0 Å². The minimum atomic E-state index is 0.0174. The van der Waals surface area contributed by atoms with Gasteiger partial charge in [-0.15, -0.1) is 0 Å². The Morgan fingerprint density at radius 3 is 2.35 bits per heavy atom. The lowest BCUT2D eigenvalue weighted by Crippen LogP contribution is -1.96. The fourth-order valence-corrected chi connectivity index (χ4v) is 3.07. The normalized spacial score (nSPS) is 13.7. The molecule has 0 bridgehead atoms. The van der Waals surface area contributed by atoms with E-state index in [-0.39, 0.29) is 5.78 Å². The summed E-state index contributed by atoms with van der Waals surface area (Å²) in [6.07, 6.45) is 3.60. The molecular formula is C21H15NO. The molecule has 2 aromatic carbocycles. The van der Waals surface area contributed by atoms with Gasteiger partial charge in [-0.1, -0.05) is 54.6 Å². The molecule has 1 aromatic heterocycles. The average molecular weight is 297 g/mol. The summed E-state index contributed by atoms with van der Waals surface area (Å²) in [5.74, 6) is 0.0174. The second kappa shape index (κ2) is 5.33. The van der Waals surface area contributed by atoms with Crippen molar-refractivity contribution in [1.82, 2.24) is 4.98 Å². The number of rotatable bonds is 2. The molecule has 0 saturated heterocycles. The van der Waals surface area contributed by atoms with Crippen molar-refractivity contribution < 1.29 is 4.79 Å². The number of allylic oxidation sites excluding steroid dienone is 1. The van der Waals surface area contributed by atoms with Crippen molar-refractivity contribution in [3.05, 3.63) is 95.3 Å². The van der Waals surface area contributed by atoms with E-state index in [4.69, 9.17) is 0 Å². The summed E-state index contributed by atoms with van der Waals surface area (Å²) in [6, 6.07) is 19.6. The van der Waals surface area contributed by atoms with Crippen molar-refractivity contribution in [3.63, 3.8) is 0 Å². The molecule has 0 saturated carbocycles. The number of aryl methyl sites for hydroxylation is 1. The van der Waals surface area contributed by atoms with Crippen LogP contribution in [-0.2, 0) is 0 Å². The summed E-state index contributed by atoms with van der Waals surface area (Å²) in [4.78, 5) is 17.0. The SMILES string of the molecule is Cc1cc2c(cn1)C(=CC(=O)c1ccccc1)c1ccccc1-2. The topological polar surface area (TPSA) is 30.0 Å². The Morgan fingerprint density at radius 2 is 1.57 bits per heavy atom. The maximum atomic E-state index is 12.6. The van der Waals surface area contributed by atoms with Gasteiger partial charge in [0.2, 0.25) is 0 Å². The first-order chi connectivity index (χ1) is 11.2. The average Bonchev–Trinajstić information content (AvgIpc) is 2.89. The minimum Gasteiger partial charge on any atom is -0.289 e. The first-order valence-corrected chi connectivity index (χ1v) is 7.62. The second-order valence-corrected chi connectivity index (χ2v) is 5.71. The molecule has 0 aliphatic heterocycles. The van der Waals surface area contributed by atoms with E-state index in [9.17, 15) is 4.79 Å². The smallest absolute Gasteiger partial charge is 0.186 e. The van der Waals surface area contributed by atoms with E-state index < -0.39 is 0 Å².